The molecule has 1 aromatic carbocycles. The van der Waals surface area contributed by atoms with Crippen molar-refractivity contribution in [1.29, 1.82) is 0 Å². The van der Waals surface area contributed by atoms with Crippen molar-refractivity contribution in [2.75, 3.05) is 51.3 Å². The molecule has 0 bridgehead atoms. The summed E-state index contributed by atoms with van der Waals surface area (Å²) in [7, 11) is 1.85. The minimum atomic E-state index is 0.280. The van der Waals surface area contributed by atoms with E-state index in [0.29, 0.717) is 18.6 Å². The van der Waals surface area contributed by atoms with Crippen molar-refractivity contribution in [3.8, 4) is 0 Å². The van der Waals surface area contributed by atoms with Gasteiger partial charge in [-0.3, -0.25) is 9.69 Å². The van der Waals surface area contributed by atoms with Gasteiger partial charge in [-0.1, -0.05) is 12.1 Å². The average molecular weight is 386 g/mol. The molecule has 0 N–H and O–H groups in total. The van der Waals surface area contributed by atoms with Crippen LogP contribution in [0.15, 0.2) is 24.3 Å². The molecule has 1 atom stereocenters. The lowest BCUT2D eigenvalue weighted by atomic mass is 9.98. The number of carbonyl (C=O) groups excluding carboxylic acids is 1. The summed E-state index contributed by atoms with van der Waals surface area (Å²) in [4.78, 5) is 19.5. The maximum Gasteiger partial charge on any atom is 0.226 e. The minimum Gasteiger partial charge on any atom is -0.380 e. The molecule has 0 radical (unpaired) electrons. The molecule has 3 heterocycles. The van der Waals surface area contributed by atoms with Gasteiger partial charge in [0.05, 0.1) is 12.5 Å². The van der Waals surface area contributed by atoms with Crippen LogP contribution >= 0.6 is 0 Å². The van der Waals surface area contributed by atoms with Gasteiger partial charge >= 0.3 is 0 Å². The fraction of sp³-hybridized carbons (Fsp3) is 0.696. The van der Waals surface area contributed by atoms with Crippen molar-refractivity contribution >= 4 is 11.6 Å². The van der Waals surface area contributed by atoms with Gasteiger partial charge in [0.15, 0.2) is 0 Å². The zero-order chi connectivity index (χ0) is 19.3. The number of likely N-dealkylation sites (tertiary alicyclic amines) is 2. The number of hydrogen-bond acceptors (Lipinski definition) is 4. The van der Waals surface area contributed by atoms with Gasteiger partial charge in [0, 0.05) is 51.6 Å². The van der Waals surface area contributed by atoms with E-state index in [2.05, 4.69) is 34.1 Å². The summed E-state index contributed by atoms with van der Waals surface area (Å²) in [5.41, 5.74) is 2.43. The first-order valence-electron chi connectivity index (χ1n) is 11.1. The van der Waals surface area contributed by atoms with E-state index in [1.165, 1.54) is 37.9 Å². The van der Waals surface area contributed by atoms with Crippen LogP contribution in [0.4, 0.5) is 5.69 Å². The second kappa shape index (κ2) is 9.27. The van der Waals surface area contributed by atoms with E-state index in [9.17, 15) is 4.79 Å². The number of hydrogen-bond donors (Lipinski definition) is 0. The van der Waals surface area contributed by atoms with Crippen molar-refractivity contribution in [3.63, 3.8) is 0 Å². The lowest BCUT2D eigenvalue weighted by Crippen LogP contribution is -2.50. The van der Waals surface area contributed by atoms with Crippen molar-refractivity contribution in [2.24, 2.45) is 0 Å². The number of ether oxygens (including phenoxy) is 1. The van der Waals surface area contributed by atoms with E-state index in [-0.39, 0.29) is 5.91 Å². The van der Waals surface area contributed by atoms with E-state index in [4.69, 9.17) is 4.74 Å². The van der Waals surface area contributed by atoms with E-state index in [1.54, 1.807) is 0 Å². The van der Waals surface area contributed by atoms with Crippen LogP contribution in [-0.4, -0.2) is 74.2 Å². The molecule has 3 aliphatic rings. The molecule has 28 heavy (non-hydrogen) atoms. The van der Waals surface area contributed by atoms with Gasteiger partial charge in [-0.15, -0.1) is 0 Å². The molecule has 154 valence electrons. The highest BCUT2D eigenvalue weighted by atomic mass is 16.5. The molecule has 0 aromatic heterocycles. The number of amides is 1. The molecule has 0 saturated carbocycles. The summed E-state index contributed by atoms with van der Waals surface area (Å²) in [5.74, 6) is 0.280. The Morgan fingerprint density at radius 2 is 1.68 bits per heavy atom. The van der Waals surface area contributed by atoms with Crippen molar-refractivity contribution in [3.05, 3.63) is 29.8 Å². The molecule has 0 aliphatic carbocycles. The van der Waals surface area contributed by atoms with Crippen LogP contribution in [0.1, 0.15) is 44.1 Å². The van der Waals surface area contributed by atoms with Crippen LogP contribution in [0.2, 0.25) is 0 Å². The number of methoxy groups -OCH3 is 1. The van der Waals surface area contributed by atoms with Crippen molar-refractivity contribution in [2.45, 2.75) is 57.1 Å². The third kappa shape index (κ3) is 4.69. The number of anilines is 1. The second-order valence-electron chi connectivity index (χ2n) is 8.64. The van der Waals surface area contributed by atoms with Crippen molar-refractivity contribution < 1.29 is 9.53 Å². The van der Waals surface area contributed by atoms with Crippen LogP contribution in [0, 0.1) is 0 Å². The van der Waals surface area contributed by atoms with Gasteiger partial charge in [0.25, 0.3) is 0 Å². The van der Waals surface area contributed by atoms with Gasteiger partial charge in [-0.05, 0) is 62.8 Å². The van der Waals surface area contributed by atoms with Crippen LogP contribution < -0.4 is 4.90 Å². The Labute approximate surface area is 169 Å². The Morgan fingerprint density at radius 3 is 2.36 bits per heavy atom. The van der Waals surface area contributed by atoms with E-state index >= 15 is 0 Å². The maximum atomic E-state index is 12.3. The number of benzene rings is 1. The molecule has 3 fully saturated rings. The summed E-state index contributed by atoms with van der Waals surface area (Å²) in [6.07, 6.45) is 8.20. The average Bonchev–Trinajstić information content (AvgIpc) is 3.30. The van der Waals surface area contributed by atoms with Gasteiger partial charge in [0.1, 0.15) is 0 Å². The lowest BCUT2D eigenvalue weighted by molar-refractivity contribution is -0.129. The molecule has 4 rings (SSSR count). The fourth-order valence-corrected chi connectivity index (χ4v) is 5.06. The van der Waals surface area contributed by atoms with E-state index in [0.717, 1.165) is 51.1 Å². The maximum absolute atomic E-state index is 12.3. The largest absolute Gasteiger partial charge is 0.380 e. The Morgan fingerprint density at radius 1 is 0.964 bits per heavy atom. The summed E-state index contributed by atoms with van der Waals surface area (Å²) < 4.78 is 5.59. The number of rotatable bonds is 5. The highest BCUT2D eigenvalue weighted by molar-refractivity contribution is 5.79. The normalized spacial score (nSPS) is 24.7. The highest BCUT2D eigenvalue weighted by Gasteiger charge is 2.29. The van der Waals surface area contributed by atoms with Gasteiger partial charge in [-0.25, -0.2) is 0 Å². The Hall–Kier alpha value is -1.59. The molecule has 1 aromatic rings. The predicted octanol–water partition coefficient (Wildman–Crippen LogP) is 2.93. The SMILES string of the molecule is CO[C@@H]1CCCN(C2CCN(c3ccc(CC(=O)N4CCCC4)cc3)CC2)C1. The standard InChI is InChI=1S/C23H35N3O2/c1-28-22-5-4-14-26(18-22)21-10-15-24(16-11-21)20-8-6-19(7-9-20)17-23(27)25-12-2-3-13-25/h6-9,21-22H,2-5,10-18H2,1H3/t22-/m1/s1. The quantitative estimate of drug-likeness (QED) is 0.781. The third-order valence-corrected chi connectivity index (χ3v) is 6.84. The van der Waals surface area contributed by atoms with Crippen LogP contribution in [0.25, 0.3) is 0 Å². The molecule has 1 amide bonds. The molecule has 5 nitrogen and oxygen atoms in total. The summed E-state index contributed by atoms with van der Waals surface area (Å²) in [6.45, 7) is 6.43. The van der Waals surface area contributed by atoms with Crippen molar-refractivity contribution in [1.82, 2.24) is 9.80 Å². The topological polar surface area (TPSA) is 36.0 Å². The fourth-order valence-electron chi connectivity index (χ4n) is 5.06. The zero-order valence-corrected chi connectivity index (χ0v) is 17.3. The number of carbonyl (C=O) groups is 1. The summed E-state index contributed by atoms with van der Waals surface area (Å²) >= 11 is 0. The smallest absolute Gasteiger partial charge is 0.226 e. The van der Waals surface area contributed by atoms with Crippen LogP contribution in [0.3, 0.4) is 0 Å². The van der Waals surface area contributed by atoms with Crippen LogP contribution in [-0.2, 0) is 16.0 Å². The molecule has 5 heteroatoms. The zero-order valence-electron chi connectivity index (χ0n) is 17.3. The predicted molar refractivity (Wildman–Crippen MR) is 113 cm³/mol. The van der Waals surface area contributed by atoms with E-state index < -0.39 is 0 Å². The summed E-state index contributed by atoms with van der Waals surface area (Å²) in [6, 6.07) is 9.39. The van der Waals surface area contributed by atoms with Gasteiger partial charge in [0.2, 0.25) is 5.91 Å². The number of piperidine rings is 2. The Balaban J connectivity index is 1.27. The number of nitrogens with zero attached hydrogens (tertiary/aromatic N) is 3. The highest BCUT2D eigenvalue weighted by Crippen LogP contribution is 2.26. The molecule has 3 aliphatic heterocycles. The lowest BCUT2D eigenvalue weighted by Gasteiger charge is -2.42. The monoisotopic (exact) mass is 385 g/mol. The first-order chi connectivity index (χ1) is 13.7. The Kier molecular flexibility index (Phi) is 6.53. The second-order valence-corrected chi connectivity index (χ2v) is 8.64. The van der Waals surface area contributed by atoms with E-state index in [1.807, 2.05) is 12.0 Å². The van der Waals surface area contributed by atoms with Gasteiger partial charge in [-0.2, -0.15) is 0 Å². The third-order valence-electron chi connectivity index (χ3n) is 6.84. The molecule has 3 saturated heterocycles. The molecular weight excluding hydrogens is 350 g/mol. The van der Waals surface area contributed by atoms with Crippen LogP contribution in [0.5, 0.6) is 0 Å². The minimum absolute atomic E-state index is 0.280. The first-order valence-corrected chi connectivity index (χ1v) is 11.1. The molecule has 0 unspecified atom stereocenters. The Bertz CT molecular complexity index is 634. The van der Waals surface area contributed by atoms with Gasteiger partial charge < -0.3 is 14.5 Å². The summed E-state index contributed by atoms with van der Waals surface area (Å²) in [5, 5.41) is 0. The molecular formula is C23H35N3O2. The first kappa shape index (κ1) is 19.7. The molecule has 0 spiro atoms.